The van der Waals surface area contributed by atoms with Crippen LogP contribution in [0.3, 0.4) is 0 Å². The molecule has 4 nitrogen and oxygen atoms in total. The molecule has 0 saturated carbocycles. The molecule has 4 heteroatoms. The minimum Gasteiger partial charge on any atom is -0.308 e. The smallest absolute Gasteiger partial charge is 0.166 e. The molecule has 2 heterocycles. The van der Waals surface area contributed by atoms with Crippen molar-refractivity contribution in [2.24, 2.45) is 0 Å². The monoisotopic (exact) mass is 643 g/mol. The van der Waals surface area contributed by atoms with Crippen molar-refractivity contribution in [1.82, 2.24) is 19.5 Å². The number of hydrogen-bond acceptors (Lipinski definition) is 3. The molecule has 0 fully saturated rings. The first-order valence-electron chi connectivity index (χ1n) is 23.6. The summed E-state index contributed by atoms with van der Waals surface area (Å²) in [6.45, 7) is 0. The van der Waals surface area contributed by atoms with E-state index in [4.69, 9.17) is 26.4 Å². The van der Waals surface area contributed by atoms with E-state index in [1.54, 1.807) is 60.7 Å². The predicted molar refractivity (Wildman–Crippen MR) is 201 cm³/mol. The third-order valence-electron chi connectivity index (χ3n) is 7.89. The highest BCUT2D eigenvalue weighted by Gasteiger charge is 2.20. The molecule has 230 valence electrons. The number of para-hydroxylation sites is 1. The van der Waals surface area contributed by atoms with Gasteiger partial charge in [-0.15, -0.1) is 0 Å². The summed E-state index contributed by atoms with van der Waals surface area (Å²) in [5.41, 5.74) is -0.0545. The molecule has 0 bridgehead atoms. The van der Waals surface area contributed by atoms with Gasteiger partial charge in [-0.05, 0) is 52.5 Å². The van der Waals surface area contributed by atoms with E-state index in [1.807, 2.05) is 18.2 Å². The minimum absolute atomic E-state index is 0.0240. The van der Waals surface area contributed by atoms with Gasteiger partial charge in [-0.2, -0.15) is 0 Å². The molecule has 0 N–H and O–H groups in total. The summed E-state index contributed by atoms with van der Waals surface area (Å²) < 4.78 is 151. The number of rotatable bonds is 6. The molecule has 0 atom stereocenters. The highest BCUT2D eigenvalue weighted by molar-refractivity contribution is 6.11. The summed E-state index contributed by atoms with van der Waals surface area (Å²) in [6.07, 6.45) is 0. The summed E-state index contributed by atoms with van der Waals surface area (Å²) in [4.78, 5) is 14.2. The summed E-state index contributed by atoms with van der Waals surface area (Å²) in [5, 5.41) is -0.545. The molecule has 0 radical (unpaired) electrons. The van der Waals surface area contributed by atoms with Crippen molar-refractivity contribution in [1.29, 1.82) is 0 Å². The van der Waals surface area contributed by atoms with Crippen molar-refractivity contribution in [3.05, 3.63) is 182 Å². The SMILES string of the molecule is [2H]c1c([2H])c([2H])c(-c2nc(-c3ccccc3)nc(-c3ccc(-c4ccccc4)cc3-n3c4c([2H])c([2H])c([2H])c([2H])c4c4c([2H])c(-c5c([2H])c([2H])c([2H])c([2H])c5[2H])c([2H])c([2H])c43)n2)c([2H])c1[2H]. The van der Waals surface area contributed by atoms with E-state index in [9.17, 15) is 6.85 Å². The van der Waals surface area contributed by atoms with E-state index in [0.717, 1.165) is 0 Å². The van der Waals surface area contributed by atoms with Gasteiger partial charge in [0.05, 0.1) is 40.0 Å². The fourth-order valence-corrected chi connectivity index (χ4v) is 5.66. The van der Waals surface area contributed by atoms with Crippen LogP contribution in [-0.2, 0) is 0 Å². The quantitative estimate of drug-likeness (QED) is 0.181. The van der Waals surface area contributed by atoms with Crippen LogP contribution in [0.15, 0.2) is 182 Å². The maximum Gasteiger partial charge on any atom is 0.166 e. The van der Waals surface area contributed by atoms with Gasteiger partial charge in [0.25, 0.3) is 0 Å². The minimum atomic E-state index is -0.752. The van der Waals surface area contributed by atoms with Crippen molar-refractivity contribution in [3.8, 4) is 62.1 Å². The van der Waals surface area contributed by atoms with Crippen molar-refractivity contribution < 1.29 is 23.3 Å². The summed E-state index contributed by atoms with van der Waals surface area (Å²) >= 11 is 0. The van der Waals surface area contributed by atoms with Crippen LogP contribution >= 0.6 is 0 Å². The van der Waals surface area contributed by atoms with Crippen LogP contribution in [0, 0.1) is 0 Å². The van der Waals surface area contributed by atoms with Crippen LogP contribution in [-0.4, -0.2) is 19.5 Å². The second-order valence-electron chi connectivity index (χ2n) is 10.8. The second kappa shape index (κ2) is 12.2. The largest absolute Gasteiger partial charge is 0.308 e. The molecule has 9 aromatic rings. The first-order valence-corrected chi connectivity index (χ1v) is 15.1. The summed E-state index contributed by atoms with van der Waals surface area (Å²) in [5.74, 6) is -0.420. The maximum absolute atomic E-state index is 9.66. The Balaban J connectivity index is 1.49. The molecule has 2 aromatic heterocycles. The van der Waals surface area contributed by atoms with Crippen molar-refractivity contribution in [2.75, 3.05) is 0 Å². The van der Waals surface area contributed by atoms with Gasteiger partial charge in [0, 0.05) is 27.5 Å². The molecule has 49 heavy (non-hydrogen) atoms. The lowest BCUT2D eigenvalue weighted by atomic mass is 10.0. The van der Waals surface area contributed by atoms with Gasteiger partial charge in [0.15, 0.2) is 17.5 Å². The van der Waals surface area contributed by atoms with E-state index >= 15 is 0 Å². The van der Waals surface area contributed by atoms with Gasteiger partial charge < -0.3 is 4.57 Å². The van der Waals surface area contributed by atoms with E-state index in [1.165, 1.54) is 4.57 Å². The molecule has 0 aliphatic carbocycles. The maximum atomic E-state index is 9.66. The van der Waals surface area contributed by atoms with Crippen LogP contribution in [0.4, 0.5) is 0 Å². The molecular formula is C45H30N4. The highest BCUT2D eigenvalue weighted by atomic mass is 15.1. The number of aromatic nitrogens is 4. The van der Waals surface area contributed by atoms with Crippen LogP contribution in [0.5, 0.6) is 0 Å². The van der Waals surface area contributed by atoms with E-state index in [2.05, 4.69) is 4.98 Å². The van der Waals surface area contributed by atoms with Gasteiger partial charge in [0.1, 0.15) is 0 Å². The van der Waals surface area contributed by atoms with Gasteiger partial charge in [-0.1, -0.05) is 151 Å². The lowest BCUT2D eigenvalue weighted by Gasteiger charge is -2.16. The van der Waals surface area contributed by atoms with Gasteiger partial charge >= 0.3 is 0 Å². The van der Waals surface area contributed by atoms with E-state index < -0.39 is 114 Å². The first-order chi connectivity index (χ1) is 31.4. The third kappa shape index (κ3) is 5.26. The van der Waals surface area contributed by atoms with E-state index in [-0.39, 0.29) is 56.1 Å². The lowest BCUT2D eigenvalue weighted by Crippen LogP contribution is -2.04. The zero-order valence-corrected chi connectivity index (χ0v) is 25.3. The Bertz CT molecular complexity index is 3500. The fraction of sp³-hybridized carbons (Fsp3) is 0. The Morgan fingerprint density at radius 3 is 1.73 bits per heavy atom. The zero-order valence-electron chi connectivity index (χ0n) is 42.3. The van der Waals surface area contributed by atoms with Gasteiger partial charge in [-0.3, -0.25) is 0 Å². The molecule has 9 rings (SSSR count). The van der Waals surface area contributed by atoms with Crippen LogP contribution in [0.1, 0.15) is 23.3 Å². The van der Waals surface area contributed by atoms with Crippen LogP contribution in [0.25, 0.3) is 83.9 Å². The Morgan fingerprint density at radius 2 is 1.00 bits per heavy atom. The molecule has 0 aliphatic rings. The molecular weight excluding hydrogens is 597 g/mol. The number of benzene rings is 7. The Morgan fingerprint density at radius 1 is 0.408 bits per heavy atom. The summed E-state index contributed by atoms with van der Waals surface area (Å²) in [6, 6.07) is 11.1. The third-order valence-corrected chi connectivity index (χ3v) is 7.89. The van der Waals surface area contributed by atoms with Crippen LogP contribution < -0.4 is 0 Å². The number of nitrogens with zero attached hydrogens (tertiary/aromatic N) is 4. The second-order valence-corrected chi connectivity index (χ2v) is 10.8. The van der Waals surface area contributed by atoms with Crippen molar-refractivity contribution in [2.45, 2.75) is 0 Å². The first kappa shape index (κ1) is 16.0. The van der Waals surface area contributed by atoms with Crippen molar-refractivity contribution >= 4 is 21.8 Å². The Kier molecular flexibility index (Phi) is 3.97. The normalized spacial score (nSPS) is 16.1. The average Bonchev–Trinajstić information content (AvgIpc) is 3.70. The van der Waals surface area contributed by atoms with Crippen LogP contribution in [0.2, 0.25) is 0 Å². The standard InChI is InChI=1S/C45H30N4/c1-5-15-31(16-6-1)35-26-28-41-39(29-35)37-23-13-14-24-40(37)49(41)42-30-36(32-17-7-2-8-18-32)25-27-38(42)45-47-43(33-19-9-3-10-20-33)46-44(48-45)34-21-11-4-12-22-34/h1-30H/i1D,3D,5D,6D,9D,10D,13D,14D,15D,16D,19D,20D,23D,24D,26D,28D,29D. The molecule has 0 spiro atoms. The Labute approximate surface area is 308 Å². The molecule has 7 aromatic carbocycles. The molecule has 0 amide bonds. The topological polar surface area (TPSA) is 43.6 Å². The zero-order chi connectivity index (χ0) is 47.4. The van der Waals surface area contributed by atoms with E-state index in [0.29, 0.717) is 16.7 Å². The average molecular weight is 644 g/mol. The predicted octanol–water partition coefficient (Wildman–Crippen LogP) is 11.3. The lowest BCUT2D eigenvalue weighted by molar-refractivity contribution is 1.06. The number of hydrogen-bond donors (Lipinski definition) is 0. The van der Waals surface area contributed by atoms with Crippen molar-refractivity contribution in [3.63, 3.8) is 0 Å². The van der Waals surface area contributed by atoms with Gasteiger partial charge in [-0.25, -0.2) is 15.0 Å². The summed E-state index contributed by atoms with van der Waals surface area (Å²) in [7, 11) is 0. The molecule has 0 aliphatic heterocycles. The Hall–Kier alpha value is -6.65. The highest BCUT2D eigenvalue weighted by Crippen LogP contribution is 2.39. The fourth-order valence-electron chi connectivity index (χ4n) is 5.66. The van der Waals surface area contributed by atoms with Gasteiger partial charge in [0.2, 0.25) is 0 Å². The molecule has 0 unspecified atom stereocenters. The number of fused-ring (bicyclic) bond motifs is 3. The molecule has 0 saturated heterocycles.